The first-order chi connectivity index (χ1) is 22.0. The second kappa shape index (κ2) is 16.7. The zero-order valence-electron chi connectivity index (χ0n) is 26.1. The van der Waals surface area contributed by atoms with Gasteiger partial charge in [0.15, 0.2) is 6.35 Å². The van der Waals surface area contributed by atoms with Gasteiger partial charge in [-0.15, -0.1) is 0 Å². The van der Waals surface area contributed by atoms with Crippen LogP contribution in [0.5, 0.6) is 11.5 Å². The van der Waals surface area contributed by atoms with Crippen molar-refractivity contribution in [3.63, 3.8) is 0 Å². The third-order valence-electron chi connectivity index (χ3n) is 6.76. The molecular formula is C33H38Cl2N3O6PS. The molecule has 2 atom stereocenters. The molecule has 0 spiro atoms. The first-order valence-electron chi connectivity index (χ1n) is 14.9. The molecule has 4 aromatic rings. The molecule has 9 nitrogen and oxygen atoms in total. The summed E-state index contributed by atoms with van der Waals surface area (Å²) in [4.78, 5) is 18.1. The van der Waals surface area contributed by atoms with Gasteiger partial charge in [0.1, 0.15) is 35.0 Å². The van der Waals surface area contributed by atoms with Gasteiger partial charge in [0.2, 0.25) is 0 Å². The summed E-state index contributed by atoms with van der Waals surface area (Å²) < 4.78 is 32.9. The molecule has 0 bridgehead atoms. The predicted octanol–water partition coefficient (Wildman–Crippen LogP) is 8.54. The van der Waals surface area contributed by atoms with E-state index in [0.717, 1.165) is 21.2 Å². The number of carbonyl (C=O) groups excluding carboxylic acids is 1. The molecule has 1 unspecified atom stereocenters. The van der Waals surface area contributed by atoms with Gasteiger partial charge in [-0.25, -0.2) is 10.1 Å². The lowest BCUT2D eigenvalue weighted by Crippen LogP contribution is -2.37. The van der Waals surface area contributed by atoms with Gasteiger partial charge in [0.05, 0.1) is 12.3 Å². The number of hydrogen-bond acceptors (Lipinski definition) is 8. The molecule has 0 saturated carbocycles. The SMILES string of the molecule is CCOC(=O)[C@H](CC)NP(=O)(COc1ccc(Cn2c(CO)nc(C(C)C)c2Sc2cc(Cl)cc(Cl)c2)cc1)Oc1ccccc1. The molecule has 1 aromatic heterocycles. The van der Waals surface area contributed by atoms with Crippen molar-refractivity contribution in [2.75, 3.05) is 13.0 Å². The van der Waals surface area contributed by atoms with Crippen LogP contribution in [0.1, 0.15) is 57.1 Å². The lowest BCUT2D eigenvalue weighted by Gasteiger charge is -2.24. The van der Waals surface area contributed by atoms with Gasteiger partial charge in [-0.3, -0.25) is 9.36 Å². The lowest BCUT2D eigenvalue weighted by molar-refractivity contribution is -0.145. The fourth-order valence-electron chi connectivity index (χ4n) is 4.53. The maximum atomic E-state index is 14.0. The molecule has 46 heavy (non-hydrogen) atoms. The van der Waals surface area contributed by atoms with E-state index >= 15 is 0 Å². The molecule has 0 aliphatic rings. The minimum atomic E-state index is -3.72. The number of aliphatic hydroxyl groups excluding tert-OH is 1. The summed E-state index contributed by atoms with van der Waals surface area (Å²) in [5.74, 6) is 0.982. The van der Waals surface area contributed by atoms with Crippen LogP contribution in [0.4, 0.5) is 0 Å². The van der Waals surface area contributed by atoms with E-state index in [1.54, 1.807) is 56.3 Å². The Morgan fingerprint density at radius 1 is 1.02 bits per heavy atom. The molecule has 0 saturated heterocycles. The fraction of sp³-hybridized carbons (Fsp3) is 0.333. The van der Waals surface area contributed by atoms with E-state index in [2.05, 4.69) is 18.9 Å². The summed E-state index contributed by atoms with van der Waals surface area (Å²) in [5.41, 5.74) is 1.79. The zero-order valence-corrected chi connectivity index (χ0v) is 29.3. The fourth-order valence-corrected chi connectivity index (χ4v) is 8.18. The highest BCUT2D eigenvalue weighted by Gasteiger charge is 2.33. The average molecular weight is 707 g/mol. The minimum Gasteiger partial charge on any atom is -0.481 e. The third-order valence-corrected chi connectivity index (χ3v) is 9.97. The molecule has 0 aliphatic carbocycles. The predicted molar refractivity (Wildman–Crippen MR) is 182 cm³/mol. The average Bonchev–Trinajstić information content (AvgIpc) is 3.36. The van der Waals surface area contributed by atoms with Crippen LogP contribution in [0.25, 0.3) is 0 Å². The van der Waals surface area contributed by atoms with E-state index in [4.69, 9.17) is 42.2 Å². The van der Waals surface area contributed by atoms with Crippen LogP contribution in [-0.4, -0.2) is 39.6 Å². The zero-order chi connectivity index (χ0) is 33.3. The number of aliphatic hydroxyl groups is 1. The summed E-state index contributed by atoms with van der Waals surface area (Å²) in [7, 11) is -3.72. The Kier molecular flexibility index (Phi) is 13.0. The van der Waals surface area contributed by atoms with Crippen LogP contribution >= 0.6 is 42.5 Å². The van der Waals surface area contributed by atoms with Crippen molar-refractivity contribution in [2.45, 2.75) is 69.1 Å². The van der Waals surface area contributed by atoms with Crippen LogP contribution in [0.15, 0.2) is 82.7 Å². The topological polar surface area (TPSA) is 112 Å². The van der Waals surface area contributed by atoms with Gasteiger partial charge in [-0.1, -0.05) is 86.1 Å². The number of nitrogens with one attached hydrogen (secondary N) is 1. The number of hydrogen-bond donors (Lipinski definition) is 2. The van der Waals surface area contributed by atoms with E-state index in [0.29, 0.717) is 40.3 Å². The quantitative estimate of drug-likeness (QED) is 0.0875. The Morgan fingerprint density at radius 2 is 1.70 bits per heavy atom. The monoisotopic (exact) mass is 705 g/mol. The number of nitrogens with zero attached hydrogens (tertiary/aromatic N) is 2. The number of carbonyl (C=O) groups is 1. The van der Waals surface area contributed by atoms with Gasteiger partial charge >= 0.3 is 13.5 Å². The number of aromatic nitrogens is 2. The standard InChI is InChI=1S/C33H38Cl2N3O6PS/c1-5-29(33(40)42-6-2)37-45(41,44-27-10-8-7-9-11-27)21-43-26-14-12-23(13-15-26)19-38-30(20-39)36-31(22(3)4)32(38)46-28-17-24(34)16-25(35)18-28/h7-18,22,29,39H,5-6,19-21H2,1-4H3,(H,37,41)/t29-,45?/m0/s1. The Morgan fingerprint density at radius 3 is 2.28 bits per heavy atom. The molecule has 0 radical (unpaired) electrons. The Bertz CT molecular complexity index is 1630. The molecule has 0 fully saturated rings. The molecule has 4 rings (SSSR count). The largest absolute Gasteiger partial charge is 0.481 e. The molecule has 246 valence electrons. The minimum absolute atomic E-state index is 0.109. The van der Waals surface area contributed by atoms with Crippen LogP contribution in [0, 0.1) is 0 Å². The van der Waals surface area contributed by atoms with Gasteiger partial charge in [-0.2, -0.15) is 0 Å². The first kappa shape index (κ1) is 35.9. The molecule has 1 heterocycles. The smallest absolute Gasteiger partial charge is 0.354 e. The van der Waals surface area contributed by atoms with Gasteiger partial charge in [-0.05, 0) is 67.3 Å². The number of ether oxygens (including phenoxy) is 2. The Balaban J connectivity index is 1.54. The van der Waals surface area contributed by atoms with Gasteiger partial charge in [0.25, 0.3) is 0 Å². The van der Waals surface area contributed by atoms with Crippen LogP contribution in [-0.2, 0) is 27.2 Å². The second-order valence-electron chi connectivity index (χ2n) is 10.7. The number of imidazole rings is 1. The summed E-state index contributed by atoms with van der Waals surface area (Å²) >= 11 is 14.0. The highest BCUT2D eigenvalue weighted by Crippen LogP contribution is 2.44. The summed E-state index contributed by atoms with van der Waals surface area (Å²) in [6.07, 6.45) is 0.0248. The Labute approximate surface area is 284 Å². The van der Waals surface area contributed by atoms with Crippen molar-refractivity contribution >= 4 is 48.5 Å². The van der Waals surface area contributed by atoms with Crippen LogP contribution < -0.4 is 14.3 Å². The van der Waals surface area contributed by atoms with Crippen molar-refractivity contribution in [3.05, 3.63) is 99.9 Å². The summed E-state index contributed by atoms with van der Waals surface area (Å²) in [6, 6.07) is 20.6. The van der Waals surface area contributed by atoms with E-state index in [1.807, 2.05) is 34.9 Å². The molecule has 0 amide bonds. The Hall–Kier alpha value is -2.98. The number of benzene rings is 3. The van der Waals surface area contributed by atoms with Crippen molar-refractivity contribution in [3.8, 4) is 11.5 Å². The van der Waals surface area contributed by atoms with Crippen LogP contribution in [0.3, 0.4) is 0 Å². The highest BCUT2D eigenvalue weighted by molar-refractivity contribution is 7.99. The van der Waals surface area contributed by atoms with E-state index in [1.165, 1.54) is 11.8 Å². The number of halogens is 2. The van der Waals surface area contributed by atoms with Gasteiger partial charge < -0.3 is 23.7 Å². The highest BCUT2D eigenvalue weighted by atomic mass is 35.5. The van der Waals surface area contributed by atoms with Gasteiger partial charge in [0, 0.05) is 21.5 Å². The van der Waals surface area contributed by atoms with E-state index in [9.17, 15) is 14.5 Å². The second-order valence-corrected chi connectivity index (χ2v) is 14.6. The maximum absolute atomic E-state index is 14.0. The normalized spacial score (nSPS) is 13.3. The van der Waals surface area contributed by atoms with E-state index < -0.39 is 19.5 Å². The van der Waals surface area contributed by atoms with E-state index in [-0.39, 0.29) is 25.5 Å². The van der Waals surface area contributed by atoms with Crippen molar-refractivity contribution in [2.24, 2.45) is 0 Å². The number of rotatable bonds is 16. The maximum Gasteiger partial charge on any atom is 0.354 e. The molecule has 0 aliphatic heterocycles. The molecule has 13 heteroatoms. The van der Waals surface area contributed by atoms with Crippen molar-refractivity contribution in [1.29, 1.82) is 0 Å². The van der Waals surface area contributed by atoms with Crippen molar-refractivity contribution < 1.29 is 28.5 Å². The van der Waals surface area contributed by atoms with Crippen LogP contribution in [0.2, 0.25) is 10.0 Å². The van der Waals surface area contributed by atoms with Crippen molar-refractivity contribution in [1.82, 2.24) is 14.6 Å². The first-order valence-corrected chi connectivity index (χ1v) is 18.3. The third kappa shape index (κ3) is 9.77. The lowest BCUT2D eigenvalue weighted by atomic mass is 10.1. The molecular weight excluding hydrogens is 668 g/mol. The summed E-state index contributed by atoms with van der Waals surface area (Å²) in [6.45, 7) is 8.03. The number of para-hydroxylation sites is 1. The molecule has 3 aromatic carbocycles. The molecule has 2 N–H and O–H groups in total. The summed E-state index contributed by atoms with van der Waals surface area (Å²) in [5, 5.41) is 15.0. The number of esters is 1.